The highest BCUT2D eigenvalue weighted by atomic mass is 16.5. The minimum absolute atomic E-state index is 0.590. The topological polar surface area (TPSA) is 56.3 Å². The molecule has 5 heteroatoms. The second-order valence-electron chi connectivity index (χ2n) is 6.55. The van der Waals surface area contributed by atoms with Crippen molar-refractivity contribution in [1.82, 2.24) is 9.97 Å². The number of nitrogens with one attached hydrogen (secondary N) is 1. The predicted octanol–water partition coefficient (Wildman–Crippen LogP) is 4.29. The lowest BCUT2D eigenvalue weighted by Gasteiger charge is -2.16. The average molecular weight is 372 g/mol. The van der Waals surface area contributed by atoms with Crippen LogP contribution >= 0.6 is 0 Å². The summed E-state index contributed by atoms with van der Waals surface area (Å²) < 4.78 is 11.5. The fraction of sp³-hybridized carbons (Fsp3) is 0.545. The molecule has 0 atom stereocenters. The van der Waals surface area contributed by atoms with Crippen LogP contribution in [0.1, 0.15) is 48.7 Å². The van der Waals surface area contributed by atoms with Gasteiger partial charge in [0.15, 0.2) is 0 Å². The molecule has 1 N–H and O–H groups in total. The molecule has 2 rings (SSSR count). The smallest absolute Gasteiger partial charge is 0.132 e. The Morgan fingerprint density at radius 1 is 0.963 bits per heavy atom. The molecule has 0 aliphatic rings. The Labute approximate surface area is 163 Å². The largest absolute Gasteiger partial charge is 0.491 e. The lowest BCUT2D eigenvalue weighted by atomic mass is 10.0. The van der Waals surface area contributed by atoms with Crippen molar-refractivity contribution in [1.29, 1.82) is 0 Å². The first-order chi connectivity index (χ1) is 13.1. The van der Waals surface area contributed by atoms with Crippen LogP contribution in [-0.4, -0.2) is 36.3 Å². The Hall–Kier alpha value is -2.14. The van der Waals surface area contributed by atoms with Crippen LogP contribution in [0.4, 0.5) is 5.82 Å². The van der Waals surface area contributed by atoms with Crippen molar-refractivity contribution < 1.29 is 9.47 Å². The van der Waals surface area contributed by atoms with Crippen LogP contribution < -0.4 is 10.1 Å². The number of hydrogen-bond donors (Lipinski definition) is 1. The first kappa shape index (κ1) is 21.2. The quantitative estimate of drug-likeness (QED) is 0.597. The summed E-state index contributed by atoms with van der Waals surface area (Å²) in [6.07, 6.45) is 4.42. The van der Waals surface area contributed by atoms with Gasteiger partial charge in [0.25, 0.3) is 0 Å². The highest BCUT2D eigenvalue weighted by Gasteiger charge is 2.09. The van der Waals surface area contributed by atoms with Crippen molar-refractivity contribution in [3.63, 3.8) is 0 Å². The third-order valence-corrected chi connectivity index (χ3v) is 4.94. The van der Waals surface area contributed by atoms with Crippen LogP contribution in [0.15, 0.2) is 18.5 Å². The molecule has 2 aromatic rings. The molecule has 0 fully saturated rings. The normalized spacial score (nSPS) is 10.9. The molecule has 27 heavy (non-hydrogen) atoms. The maximum absolute atomic E-state index is 6.01. The second kappa shape index (κ2) is 10.9. The van der Waals surface area contributed by atoms with Gasteiger partial charge in [0.1, 0.15) is 24.5 Å². The van der Waals surface area contributed by atoms with Crippen molar-refractivity contribution in [2.45, 2.75) is 53.9 Å². The minimum Gasteiger partial charge on any atom is -0.491 e. The Balaban J connectivity index is 1.91. The number of rotatable bonds is 11. The number of aryl methyl sites for hydroxylation is 1. The Kier molecular flexibility index (Phi) is 8.52. The van der Waals surface area contributed by atoms with Gasteiger partial charge in [-0.3, -0.25) is 0 Å². The fourth-order valence-corrected chi connectivity index (χ4v) is 3.21. The van der Waals surface area contributed by atoms with E-state index >= 15 is 0 Å². The first-order valence-corrected chi connectivity index (χ1v) is 9.98. The summed E-state index contributed by atoms with van der Waals surface area (Å²) in [6, 6.07) is 4.22. The molecule has 0 spiro atoms. The standard InChI is InChI=1S/C22H33N3O2/c1-6-19-20(7-2)24-15-25-22(19)23-12-14-27-21-10-9-18(11-13-26-8-3)16(4)17(21)5/h9-10,15H,6-8,11-14H2,1-5H3,(H,23,24,25). The van der Waals surface area contributed by atoms with Crippen molar-refractivity contribution in [2.75, 3.05) is 31.7 Å². The van der Waals surface area contributed by atoms with Crippen molar-refractivity contribution >= 4 is 5.82 Å². The van der Waals surface area contributed by atoms with Crippen LogP contribution in [0.3, 0.4) is 0 Å². The molecule has 5 nitrogen and oxygen atoms in total. The molecule has 1 heterocycles. The summed E-state index contributed by atoms with van der Waals surface area (Å²) in [7, 11) is 0. The van der Waals surface area contributed by atoms with Crippen molar-refractivity contribution in [3.8, 4) is 5.75 Å². The fourth-order valence-electron chi connectivity index (χ4n) is 3.21. The molecule has 0 radical (unpaired) electrons. The Morgan fingerprint density at radius 3 is 2.48 bits per heavy atom. The van der Waals surface area contributed by atoms with Gasteiger partial charge in [-0.25, -0.2) is 9.97 Å². The monoisotopic (exact) mass is 371 g/mol. The molecule has 148 valence electrons. The zero-order valence-electron chi connectivity index (χ0n) is 17.4. The average Bonchev–Trinajstić information content (AvgIpc) is 2.69. The summed E-state index contributed by atoms with van der Waals surface area (Å²) in [5, 5.41) is 3.40. The summed E-state index contributed by atoms with van der Waals surface area (Å²) in [4.78, 5) is 8.76. The SMILES string of the molecule is CCOCCc1ccc(OCCNc2ncnc(CC)c2CC)c(C)c1C. The summed E-state index contributed by atoms with van der Waals surface area (Å²) in [5.74, 6) is 1.87. The van der Waals surface area contributed by atoms with Crippen LogP contribution in [0.2, 0.25) is 0 Å². The molecular formula is C22H33N3O2. The Bertz CT molecular complexity index is 732. The van der Waals surface area contributed by atoms with E-state index in [4.69, 9.17) is 9.47 Å². The van der Waals surface area contributed by atoms with Gasteiger partial charge in [-0.1, -0.05) is 19.9 Å². The zero-order valence-corrected chi connectivity index (χ0v) is 17.4. The summed E-state index contributed by atoms with van der Waals surface area (Å²) in [6.45, 7) is 13.4. The van der Waals surface area contributed by atoms with E-state index in [1.807, 2.05) is 6.92 Å². The van der Waals surface area contributed by atoms with Crippen LogP contribution in [0.25, 0.3) is 0 Å². The van der Waals surface area contributed by atoms with Crippen molar-refractivity contribution in [3.05, 3.63) is 46.4 Å². The van der Waals surface area contributed by atoms with Crippen LogP contribution in [0.5, 0.6) is 5.75 Å². The van der Waals surface area contributed by atoms with E-state index in [1.165, 1.54) is 22.3 Å². The first-order valence-electron chi connectivity index (χ1n) is 9.98. The molecule has 1 aromatic carbocycles. The third-order valence-electron chi connectivity index (χ3n) is 4.94. The number of anilines is 1. The van der Waals surface area contributed by atoms with Gasteiger partial charge in [-0.15, -0.1) is 0 Å². The third kappa shape index (κ3) is 5.67. The van der Waals surface area contributed by atoms with Gasteiger partial charge < -0.3 is 14.8 Å². The van der Waals surface area contributed by atoms with Crippen molar-refractivity contribution in [2.24, 2.45) is 0 Å². The molecule has 0 aliphatic carbocycles. The maximum atomic E-state index is 6.01. The van der Waals surface area contributed by atoms with E-state index in [2.05, 4.69) is 55.1 Å². The van der Waals surface area contributed by atoms with E-state index in [0.717, 1.165) is 49.7 Å². The van der Waals surface area contributed by atoms with E-state index < -0.39 is 0 Å². The van der Waals surface area contributed by atoms with E-state index in [1.54, 1.807) is 6.33 Å². The predicted molar refractivity (Wildman–Crippen MR) is 111 cm³/mol. The van der Waals surface area contributed by atoms with E-state index in [-0.39, 0.29) is 0 Å². The van der Waals surface area contributed by atoms with Crippen LogP contribution in [0, 0.1) is 13.8 Å². The van der Waals surface area contributed by atoms with Gasteiger partial charge >= 0.3 is 0 Å². The molecule has 0 amide bonds. The van der Waals surface area contributed by atoms with Crippen LogP contribution in [-0.2, 0) is 24.0 Å². The zero-order chi connectivity index (χ0) is 19.6. The molecule has 0 aliphatic heterocycles. The lowest BCUT2D eigenvalue weighted by Crippen LogP contribution is -2.15. The van der Waals surface area contributed by atoms with Gasteiger partial charge in [0, 0.05) is 17.9 Å². The minimum atomic E-state index is 0.590. The molecule has 0 bridgehead atoms. The highest BCUT2D eigenvalue weighted by Crippen LogP contribution is 2.25. The number of benzene rings is 1. The summed E-state index contributed by atoms with van der Waals surface area (Å²) in [5.41, 5.74) is 6.13. The van der Waals surface area contributed by atoms with Gasteiger partial charge in [0.2, 0.25) is 0 Å². The Morgan fingerprint density at radius 2 is 1.78 bits per heavy atom. The highest BCUT2D eigenvalue weighted by molar-refractivity contribution is 5.46. The van der Waals surface area contributed by atoms with E-state index in [9.17, 15) is 0 Å². The molecule has 1 aromatic heterocycles. The molecule has 0 saturated carbocycles. The van der Waals surface area contributed by atoms with Gasteiger partial charge in [-0.2, -0.15) is 0 Å². The number of ether oxygens (including phenoxy) is 2. The second-order valence-corrected chi connectivity index (χ2v) is 6.55. The number of nitrogens with zero attached hydrogens (tertiary/aromatic N) is 2. The summed E-state index contributed by atoms with van der Waals surface area (Å²) >= 11 is 0. The number of aromatic nitrogens is 2. The van der Waals surface area contributed by atoms with Gasteiger partial charge in [0.05, 0.1) is 13.2 Å². The van der Waals surface area contributed by atoms with Gasteiger partial charge in [-0.05, 0) is 62.8 Å². The molecular weight excluding hydrogens is 338 g/mol. The number of hydrogen-bond acceptors (Lipinski definition) is 5. The van der Waals surface area contributed by atoms with E-state index in [0.29, 0.717) is 13.2 Å². The maximum Gasteiger partial charge on any atom is 0.132 e. The molecule has 0 saturated heterocycles. The molecule has 0 unspecified atom stereocenters. The lowest BCUT2D eigenvalue weighted by molar-refractivity contribution is 0.151.